The standard InChI is InChI=1S/C14H16N4O2S/c1-9-12(19)16-14(18-17-9)21-10(2)13(20)15-8-11-6-4-3-5-7-11/h3-7,10H,8H2,1-2H3,(H,15,20)(H,16,18,19)/t10-/m0/s1. The van der Waals surface area contributed by atoms with Gasteiger partial charge in [0.15, 0.2) is 5.16 Å². The smallest absolute Gasteiger partial charge is 0.273 e. The van der Waals surface area contributed by atoms with Crippen molar-refractivity contribution in [3.8, 4) is 0 Å². The average Bonchev–Trinajstić information content (AvgIpc) is 2.49. The van der Waals surface area contributed by atoms with Gasteiger partial charge in [-0.05, 0) is 19.4 Å². The molecule has 0 bridgehead atoms. The van der Waals surface area contributed by atoms with Crippen LogP contribution in [0.3, 0.4) is 0 Å². The molecule has 1 heterocycles. The fourth-order valence-corrected chi connectivity index (χ4v) is 2.35. The van der Waals surface area contributed by atoms with Crippen molar-refractivity contribution in [3.05, 3.63) is 51.9 Å². The molecular formula is C14H16N4O2S. The van der Waals surface area contributed by atoms with Gasteiger partial charge in [-0.2, -0.15) is 0 Å². The molecule has 110 valence electrons. The number of rotatable bonds is 5. The Morgan fingerprint density at radius 2 is 2.05 bits per heavy atom. The molecule has 0 fully saturated rings. The molecule has 0 saturated carbocycles. The number of hydrogen-bond acceptors (Lipinski definition) is 5. The second kappa shape index (κ2) is 7.03. The van der Waals surface area contributed by atoms with E-state index in [-0.39, 0.29) is 16.7 Å². The molecule has 2 N–H and O–H groups in total. The molecule has 1 aromatic heterocycles. The van der Waals surface area contributed by atoms with Crippen LogP contribution < -0.4 is 10.9 Å². The predicted molar refractivity (Wildman–Crippen MR) is 81.0 cm³/mol. The lowest BCUT2D eigenvalue weighted by Gasteiger charge is -2.11. The number of carbonyl (C=O) groups excluding carboxylic acids is 1. The summed E-state index contributed by atoms with van der Waals surface area (Å²) in [6.45, 7) is 3.81. The van der Waals surface area contributed by atoms with Gasteiger partial charge in [0.1, 0.15) is 5.69 Å². The van der Waals surface area contributed by atoms with Crippen LogP contribution in [0.15, 0.2) is 40.3 Å². The number of thioether (sulfide) groups is 1. The van der Waals surface area contributed by atoms with Crippen LogP contribution in [0.25, 0.3) is 0 Å². The second-order valence-electron chi connectivity index (χ2n) is 4.51. The second-order valence-corrected chi connectivity index (χ2v) is 5.84. The molecule has 1 amide bonds. The number of nitrogens with zero attached hydrogens (tertiary/aromatic N) is 2. The fourth-order valence-electron chi connectivity index (χ4n) is 1.58. The molecule has 1 atom stereocenters. The molecule has 2 rings (SSSR count). The van der Waals surface area contributed by atoms with Crippen LogP contribution in [0.4, 0.5) is 0 Å². The van der Waals surface area contributed by atoms with Gasteiger partial charge in [0, 0.05) is 6.54 Å². The molecule has 0 unspecified atom stereocenters. The molecule has 21 heavy (non-hydrogen) atoms. The first kappa shape index (κ1) is 15.2. The number of benzene rings is 1. The van der Waals surface area contributed by atoms with Crippen molar-refractivity contribution in [1.82, 2.24) is 20.5 Å². The van der Waals surface area contributed by atoms with Gasteiger partial charge in [-0.3, -0.25) is 14.6 Å². The zero-order valence-corrected chi connectivity index (χ0v) is 12.6. The number of hydrogen-bond donors (Lipinski definition) is 2. The summed E-state index contributed by atoms with van der Waals surface area (Å²) in [6.07, 6.45) is 0. The van der Waals surface area contributed by atoms with Crippen LogP contribution in [0.5, 0.6) is 0 Å². The van der Waals surface area contributed by atoms with Gasteiger partial charge >= 0.3 is 0 Å². The third-order valence-electron chi connectivity index (χ3n) is 2.81. The van der Waals surface area contributed by atoms with Gasteiger partial charge < -0.3 is 5.32 Å². The zero-order valence-electron chi connectivity index (χ0n) is 11.8. The number of nitrogens with one attached hydrogen (secondary N) is 2. The van der Waals surface area contributed by atoms with Crippen LogP contribution in [0.1, 0.15) is 18.2 Å². The van der Waals surface area contributed by atoms with Crippen LogP contribution in [0.2, 0.25) is 0 Å². The largest absolute Gasteiger partial charge is 0.351 e. The Morgan fingerprint density at radius 1 is 1.33 bits per heavy atom. The summed E-state index contributed by atoms with van der Waals surface area (Å²) in [5.41, 5.74) is 1.05. The van der Waals surface area contributed by atoms with Gasteiger partial charge in [-0.25, -0.2) is 0 Å². The minimum absolute atomic E-state index is 0.118. The summed E-state index contributed by atoms with van der Waals surface area (Å²) in [5, 5.41) is 10.4. The van der Waals surface area contributed by atoms with E-state index in [0.717, 1.165) is 5.56 Å². The van der Waals surface area contributed by atoms with Gasteiger partial charge in [0.05, 0.1) is 5.25 Å². The minimum Gasteiger partial charge on any atom is -0.351 e. The summed E-state index contributed by atoms with van der Waals surface area (Å²) in [7, 11) is 0. The maximum Gasteiger partial charge on any atom is 0.273 e. The highest BCUT2D eigenvalue weighted by Gasteiger charge is 2.15. The topological polar surface area (TPSA) is 87.7 Å². The van der Waals surface area contributed by atoms with Crippen LogP contribution in [-0.2, 0) is 11.3 Å². The zero-order chi connectivity index (χ0) is 15.2. The van der Waals surface area contributed by atoms with Crippen molar-refractivity contribution in [1.29, 1.82) is 0 Å². The van der Waals surface area contributed by atoms with Gasteiger partial charge in [-0.1, -0.05) is 42.1 Å². The molecule has 1 aromatic carbocycles. The van der Waals surface area contributed by atoms with Gasteiger partial charge in [-0.15, -0.1) is 10.2 Å². The van der Waals surface area contributed by atoms with E-state index in [9.17, 15) is 9.59 Å². The summed E-state index contributed by atoms with van der Waals surface area (Å²) >= 11 is 1.17. The third-order valence-corrected chi connectivity index (χ3v) is 3.78. The van der Waals surface area contributed by atoms with E-state index in [2.05, 4.69) is 20.5 Å². The third kappa shape index (κ3) is 4.42. The average molecular weight is 304 g/mol. The van der Waals surface area contributed by atoms with Crippen LogP contribution in [0, 0.1) is 6.92 Å². The lowest BCUT2D eigenvalue weighted by atomic mass is 10.2. The van der Waals surface area contributed by atoms with Crippen molar-refractivity contribution in [2.45, 2.75) is 30.8 Å². The molecule has 0 aliphatic rings. The summed E-state index contributed by atoms with van der Waals surface area (Å²) in [5.74, 6) is -0.118. The molecule has 6 nitrogen and oxygen atoms in total. The van der Waals surface area contributed by atoms with E-state index >= 15 is 0 Å². The van der Waals surface area contributed by atoms with Crippen molar-refractivity contribution < 1.29 is 4.79 Å². The number of aromatic nitrogens is 3. The maximum absolute atomic E-state index is 12.0. The molecule has 2 aromatic rings. The lowest BCUT2D eigenvalue weighted by molar-refractivity contribution is -0.120. The Labute approximate surface area is 126 Å². The number of carbonyl (C=O) groups is 1. The first-order chi connectivity index (χ1) is 10.1. The van der Waals surface area contributed by atoms with Crippen molar-refractivity contribution in [2.75, 3.05) is 0 Å². The van der Waals surface area contributed by atoms with Crippen LogP contribution in [-0.4, -0.2) is 26.3 Å². The van der Waals surface area contributed by atoms with E-state index in [1.807, 2.05) is 30.3 Å². The molecule has 0 aliphatic heterocycles. The normalized spacial score (nSPS) is 11.9. The fraction of sp³-hybridized carbons (Fsp3) is 0.286. The van der Waals surface area contributed by atoms with Crippen LogP contribution >= 0.6 is 11.8 Å². The number of H-pyrrole nitrogens is 1. The Morgan fingerprint density at radius 3 is 2.71 bits per heavy atom. The van der Waals surface area contributed by atoms with E-state index in [1.54, 1.807) is 13.8 Å². The summed E-state index contributed by atoms with van der Waals surface area (Å²) in [4.78, 5) is 26.0. The first-order valence-corrected chi connectivity index (χ1v) is 7.36. The SMILES string of the molecule is Cc1nnc(S[C@@H](C)C(=O)NCc2ccccc2)[nH]c1=O. The van der Waals surface area contributed by atoms with E-state index < -0.39 is 0 Å². The Hall–Kier alpha value is -2.15. The summed E-state index contributed by atoms with van der Waals surface area (Å²) in [6, 6.07) is 9.66. The molecule has 0 spiro atoms. The van der Waals surface area contributed by atoms with Gasteiger partial charge in [0.25, 0.3) is 5.56 Å². The minimum atomic E-state index is -0.374. The Bertz CT molecular complexity index is 672. The molecule has 7 heteroatoms. The monoisotopic (exact) mass is 304 g/mol. The quantitative estimate of drug-likeness (QED) is 0.812. The van der Waals surface area contributed by atoms with Crippen molar-refractivity contribution in [3.63, 3.8) is 0 Å². The highest BCUT2D eigenvalue weighted by molar-refractivity contribution is 8.00. The molecular weight excluding hydrogens is 288 g/mol. The number of amides is 1. The van der Waals surface area contributed by atoms with Crippen molar-refractivity contribution >= 4 is 17.7 Å². The lowest BCUT2D eigenvalue weighted by Crippen LogP contribution is -2.30. The number of aromatic amines is 1. The molecule has 0 saturated heterocycles. The predicted octanol–water partition coefficient (Wildman–Crippen LogP) is 1.27. The number of aryl methyl sites for hydroxylation is 1. The molecule has 0 radical (unpaired) electrons. The Balaban J connectivity index is 1.90. The van der Waals surface area contributed by atoms with Crippen molar-refractivity contribution in [2.24, 2.45) is 0 Å². The van der Waals surface area contributed by atoms with E-state index in [0.29, 0.717) is 17.4 Å². The summed E-state index contributed by atoms with van der Waals surface area (Å²) < 4.78 is 0. The highest BCUT2D eigenvalue weighted by atomic mass is 32.2. The van der Waals surface area contributed by atoms with E-state index in [1.165, 1.54) is 11.8 Å². The maximum atomic E-state index is 12.0. The van der Waals surface area contributed by atoms with E-state index in [4.69, 9.17) is 0 Å². The first-order valence-electron chi connectivity index (χ1n) is 6.48. The highest BCUT2D eigenvalue weighted by Crippen LogP contribution is 2.17. The Kier molecular flexibility index (Phi) is 5.10. The van der Waals surface area contributed by atoms with Gasteiger partial charge in [0.2, 0.25) is 5.91 Å². The molecule has 0 aliphatic carbocycles.